The van der Waals surface area contributed by atoms with Gasteiger partial charge >= 0.3 is 13.5 Å². The maximum absolute atomic E-state index is 12.0. The lowest BCUT2D eigenvalue weighted by atomic mass is 9.99. The summed E-state index contributed by atoms with van der Waals surface area (Å²) in [5.74, 6) is 0. The van der Waals surface area contributed by atoms with Crippen LogP contribution >= 0.6 is 7.82 Å². The summed E-state index contributed by atoms with van der Waals surface area (Å²) in [6.07, 6.45) is -2.32. The molecule has 1 aliphatic rings. The Morgan fingerprint density at radius 1 is 1.46 bits per heavy atom. The van der Waals surface area contributed by atoms with Crippen molar-refractivity contribution in [3.63, 3.8) is 0 Å². The van der Waals surface area contributed by atoms with Crippen molar-refractivity contribution in [2.75, 3.05) is 6.61 Å². The molecule has 0 aromatic carbocycles. The van der Waals surface area contributed by atoms with Gasteiger partial charge in [0.2, 0.25) is 0 Å². The fraction of sp³-hybridized carbons (Fsp3) is 0.500. The van der Waals surface area contributed by atoms with Crippen LogP contribution in [0.4, 0.5) is 0 Å². The van der Waals surface area contributed by atoms with E-state index in [9.17, 15) is 24.4 Å². The summed E-state index contributed by atoms with van der Waals surface area (Å²) < 4.78 is 21.5. The van der Waals surface area contributed by atoms with Crippen molar-refractivity contribution in [3.8, 4) is 0 Å². The van der Waals surface area contributed by atoms with Gasteiger partial charge in [-0.25, -0.2) is 9.36 Å². The van der Waals surface area contributed by atoms with Gasteiger partial charge in [-0.1, -0.05) is 6.08 Å². The molecule has 134 valence electrons. The highest BCUT2D eigenvalue weighted by Crippen LogP contribution is 2.41. The van der Waals surface area contributed by atoms with Crippen LogP contribution in [0.2, 0.25) is 0 Å². The van der Waals surface area contributed by atoms with Crippen LogP contribution in [0.25, 0.3) is 0 Å². The predicted molar refractivity (Wildman–Crippen MR) is 79.0 cm³/mol. The lowest BCUT2D eigenvalue weighted by molar-refractivity contribution is -0.147. The van der Waals surface area contributed by atoms with E-state index in [1.807, 2.05) is 4.98 Å². The highest BCUT2D eigenvalue weighted by Gasteiger charge is 2.55. The highest BCUT2D eigenvalue weighted by molar-refractivity contribution is 7.46. The maximum atomic E-state index is 12.0. The van der Waals surface area contributed by atoms with Crippen molar-refractivity contribution in [2.45, 2.75) is 30.5 Å². The van der Waals surface area contributed by atoms with E-state index in [1.54, 1.807) is 0 Å². The molecule has 11 nitrogen and oxygen atoms in total. The molecule has 5 N–H and O–H groups in total. The number of rotatable bonds is 6. The SMILES string of the molecule is C=CC[C@@]1(n2ccc(=O)[nH]c2=O)O[C@H](COP(=O)(O)O)[C@@H](O)[C@H]1O. The number of nitrogens with one attached hydrogen (secondary N) is 1. The van der Waals surface area contributed by atoms with Crippen LogP contribution < -0.4 is 11.2 Å². The predicted octanol–water partition coefficient (Wildman–Crippen LogP) is -2.00. The first-order valence-corrected chi connectivity index (χ1v) is 8.31. The number of ether oxygens (including phenoxy) is 1. The minimum atomic E-state index is -4.82. The Morgan fingerprint density at radius 3 is 2.67 bits per heavy atom. The smallest absolute Gasteiger partial charge is 0.387 e. The molecule has 2 rings (SSSR count). The van der Waals surface area contributed by atoms with Crippen LogP contribution in [-0.4, -0.2) is 54.5 Å². The molecule has 1 aromatic rings. The van der Waals surface area contributed by atoms with Gasteiger partial charge in [0.05, 0.1) is 6.61 Å². The van der Waals surface area contributed by atoms with Crippen LogP contribution in [0.15, 0.2) is 34.5 Å². The standard InChI is InChI=1S/C12H17N2O9P/c1-2-4-12(14-5-3-8(15)13-11(14)18)10(17)9(16)7(23-12)6-22-24(19,20)21/h2-3,5,7,9-10,16-17H,1,4,6H2,(H,13,15,18)(H2,19,20,21)/t7-,9-,10-,12-/m1/s1. The largest absolute Gasteiger partial charge is 0.469 e. The number of aromatic amines is 1. The molecular formula is C12H17N2O9P. The van der Waals surface area contributed by atoms with Crippen LogP contribution in [0, 0.1) is 0 Å². The number of nitrogens with zero attached hydrogens (tertiary/aromatic N) is 1. The molecule has 4 atom stereocenters. The van der Waals surface area contributed by atoms with Gasteiger partial charge in [-0.2, -0.15) is 0 Å². The number of hydrogen-bond acceptors (Lipinski definition) is 7. The first-order chi connectivity index (χ1) is 11.1. The van der Waals surface area contributed by atoms with E-state index < -0.39 is 49.7 Å². The van der Waals surface area contributed by atoms with Gasteiger partial charge in [0.15, 0.2) is 5.72 Å². The second-order valence-corrected chi connectivity index (χ2v) is 6.44. The molecule has 24 heavy (non-hydrogen) atoms. The number of phosphoric acid groups is 1. The van der Waals surface area contributed by atoms with E-state index in [1.165, 1.54) is 6.08 Å². The van der Waals surface area contributed by atoms with E-state index in [-0.39, 0.29) is 6.42 Å². The fourth-order valence-corrected chi connectivity index (χ4v) is 2.90. The molecular weight excluding hydrogens is 347 g/mol. The maximum Gasteiger partial charge on any atom is 0.469 e. The Bertz CT molecular complexity index is 768. The van der Waals surface area contributed by atoms with Gasteiger partial charge in [-0.05, 0) is 0 Å². The minimum absolute atomic E-state index is 0.135. The molecule has 0 radical (unpaired) electrons. The second-order valence-electron chi connectivity index (χ2n) is 5.20. The fourth-order valence-electron chi connectivity index (χ4n) is 2.56. The Kier molecular flexibility index (Phi) is 5.25. The van der Waals surface area contributed by atoms with Gasteiger partial charge in [-0.15, -0.1) is 6.58 Å². The van der Waals surface area contributed by atoms with Crippen LogP contribution in [0.3, 0.4) is 0 Å². The molecule has 0 aliphatic carbocycles. The van der Waals surface area contributed by atoms with Gasteiger partial charge in [-0.3, -0.25) is 18.9 Å². The lowest BCUT2D eigenvalue weighted by Gasteiger charge is -2.32. The number of aliphatic hydroxyl groups excluding tert-OH is 2. The van der Waals surface area contributed by atoms with E-state index in [4.69, 9.17) is 14.5 Å². The third kappa shape index (κ3) is 3.57. The summed E-state index contributed by atoms with van der Waals surface area (Å²) in [4.78, 5) is 42.7. The molecule has 0 bridgehead atoms. The number of hydrogen-bond donors (Lipinski definition) is 5. The molecule has 0 saturated carbocycles. The van der Waals surface area contributed by atoms with Crippen molar-refractivity contribution in [2.24, 2.45) is 0 Å². The zero-order valence-electron chi connectivity index (χ0n) is 12.3. The first-order valence-electron chi connectivity index (χ1n) is 6.78. The van der Waals surface area contributed by atoms with Crippen LogP contribution in [0.1, 0.15) is 6.42 Å². The zero-order valence-corrected chi connectivity index (χ0v) is 13.2. The normalized spacial score (nSPS) is 30.4. The van der Waals surface area contributed by atoms with E-state index in [0.29, 0.717) is 0 Å². The Morgan fingerprint density at radius 2 is 2.12 bits per heavy atom. The van der Waals surface area contributed by atoms with Crippen LogP contribution in [0.5, 0.6) is 0 Å². The van der Waals surface area contributed by atoms with Gasteiger partial charge < -0.3 is 24.7 Å². The molecule has 12 heteroatoms. The third-order valence-corrected chi connectivity index (χ3v) is 4.08. The summed E-state index contributed by atoms with van der Waals surface area (Å²) in [7, 11) is -4.82. The average molecular weight is 364 g/mol. The quantitative estimate of drug-likeness (QED) is 0.283. The van der Waals surface area contributed by atoms with Gasteiger partial charge in [0.1, 0.15) is 18.3 Å². The second kappa shape index (κ2) is 6.73. The molecule has 0 unspecified atom stereocenters. The number of aromatic nitrogens is 2. The first kappa shape index (κ1) is 18.7. The Hall–Kier alpha value is -1.59. The van der Waals surface area contributed by atoms with Crippen molar-refractivity contribution < 1.29 is 33.8 Å². The highest BCUT2D eigenvalue weighted by atomic mass is 31.2. The van der Waals surface area contributed by atoms with E-state index in [2.05, 4.69) is 11.1 Å². The number of phosphoric ester groups is 1. The number of H-pyrrole nitrogens is 1. The lowest BCUT2D eigenvalue weighted by Crippen LogP contribution is -2.51. The van der Waals surface area contributed by atoms with Crippen molar-refractivity contribution in [3.05, 3.63) is 45.8 Å². The zero-order chi connectivity index (χ0) is 18.1. The molecule has 1 aromatic heterocycles. The minimum Gasteiger partial charge on any atom is -0.387 e. The summed E-state index contributed by atoms with van der Waals surface area (Å²) in [5.41, 5.74) is -3.38. The summed E-state index contributed by atoms with van der Waals surface area (Å²) in [6.45, 7) is 2.77. The average Bonchev–Trinajstić information content (AvgIpc) is 2.70. The van der Waals surface area contributed by atoms with Crippen molar-refractivity contribution in [1.29, 1.82) is 0 Å². The molecule has 1 aliphatic heterocycles. The van der Waals surface area contributed by atoms with Crippen molar-refractivity contribution in [1.82, 2.24) is 9.55 Å². The summed E-state index contributed by atoms with van der Waals surface area (Å²) >= 11 is 0. The molecule has 1 saturated heterocycles. The Labute approximate surface area is 135 Å². The van der Waals surface area contributed by atoms with Gasteiger partial charge in [0.25, 0.3) is 5.56 Å². The topological polar surface area (TPSA) is 171 Å². The monoisotopic (exact) mass is 364 g/mol. The third-order valence-electron chi connectivity index (χ3n) is 3.60. The molecule has 2 heterocycles. The molecule has 1 fully saturated rings. The summed E-state index contributed by atoms with van der Waals surface area (Å²) in [6, 6.07) is 1.02. The molecule has 0 spiro atoms. The Balaban J connectivity index is 2.42. The van der Waals surface area contributed by atoms with Gasteiger partial charge in [0, 0.05) is 18.7 Å². The van der Waals surface area contributed by atoms with Crippen molar-refractivity contribution >= 4 is 7.82 Å². The van der Waals surface area contributed by atoms with Crippen LogP contribution in [-0.2, 0) is 19.6 Å². The van der Waals surface area contributed by atoms with E-state index in [0.717, 1.165) is 16.8 Å². The summed E-state index contributed by atoms with van der Waals surface area (Å²) in [5, 5.41) is 20.5. The molecule has 0 amide bonds. The number of aliphatic hydroxyl groups is 2. The van der Waals surface area contributed by atoms with E-state index >= 15 is 0 Å².